The molecule has 17 atom stereocenters. The molecule has 0 aromatic carbocycles. The van der Waals surface area contributed by atoms with Gasteiger partial charge in [0.25, 0.3) is 0 Å². The summed E-state index contributed by atoms with van der Waals surface area (Å²) < 4.78 is 57.9. The summed E-state index contributed by atoms with van der Waals surface area (Å²) in [5.41, 5.74) is 0.235. The van der Waals surface area contributed by atoms with Gasteiger partial charge in [0.15, 0.2) is 18.4 Å². The minimum absolute atomic E-state index is 0.0539. The smallest absolute Gasteiger partial charge is 0.316 e. The predicted molar refractivity (Wildman–Crippen MR) is 215 cm³/mol. The van der Waals surface area contributed by atoms with Crippen molar-refractivity contribution < 1.29 is 57.6 Å². The van der Waals surface area contributed by atoms with Gasteiger partial charge in [-0.25, -0.2) is 0 Å². The summed E-state index contributed by atoms with van der Waals surface area (Å²) in [6, 6.07) is 0. The molecule has 7 aliphatic rings. The molecule has 6 aliphatic heterocycles. The van der Waals surface area contributed by atoms with Gasteiger partial charge in [0.1, 0.15) is 35.9 Å². The molecule has 4 unspecified atom stereocenters. The molecule has 12 nitrogen and oxygen atoms in total. The van der Waals surface area contributed by atoms with E-state index < -0.39 is 54.0 Å². The third kappa shape index (κ3) is 9.03. The molecule has 58 heavy (non-hydrogen) atoms. The molecule has 1 aliphatic carbocycles. The lowest BCUT2D eigenvalue weighted by Crippen LogP contribution is -2.58. The number of aliphatic hydroxyl groups is 2. The van der Waals surface area contributed by atoms with Gasteiger partial charge in [-0.3, -0.25) is 4.79 Å². The van der Waals surface area contributed by atoms with Crippen LogP contribution >= 0.6 is 0 Å². The standard InChI is InChI=1S/C46H68O12/c1-9-26(2)41-29(5)18-19-45(58-41)24-34-22-33(57-45)17-16-28(4)40(56-38-23-36(50-8)42(31(7)53-38)55-37-15-10-11-20-51-37)27(3)13-12-14-32-25-52-43-39(47)30(6)21-35(44(48)54-34)46(32,43)49/h12-14,16,18-19,21,26-27,29,31,33-43,47,49H,9-11,15,17,20,22-25H2,1-8H3/b13-12+,28-16+,32-14+/t26?,27?,29-,31-,33+,34-,35-,36-,37?,38?,39+,40-,41+,42-,43+,45+,46+/m0/s1. The van der Waals surface area contributed by atoms with Crippen LogP contribution in [0.4, 0.5) is 0 Å². The highest BCUT2D eigenvalue weighted by Gasteiger charge is 2.60. The lowest BCUT2D eigenvalue weighted by atomic mass is 9.71. The van der Waals surface area contributed by atoms with Gasteiger partial charge in [-0.1, -0.05) is 70.6 Å². The highest BCUT2D eigenvalue weighted by Crippen LogP contribution is 2.47. The summed E-state index contributed by atoms with van der Waals surface area (Å²) in [5, 5.41) is 23.7. The van der Waals surface area contributed by atoms with Crippen LogP contribution < -0.4 is 0 Å². The molecule has 4 fully saturated rings. The van der Waals surface area contributed by atoms with Gasteiger partial charge in [0, 0.05) is 44.8 Å². The van der Waals surface area contributed by atoms with Crippen molar-refractivity contribution in [1.29, 1.82) is 0 Å². The number of ether oxygens (including phenoxy) is 9. The SMILES string of the molecule is CCC(C)[C@H]1O[C@]2(C=C[C@@H]1C)C[C@@H]1C[C@@H](C/C=C(\C)[C@@H](OC3C[C@H](OC)[C@@H](OC4CCCCO4)[C@H](C)O3)C(C)/C=C/C=C3\CO[C@@H]4[C@H](O)C(C)=C[C@@H](C(=O)O1)[C@]34O)O2. The summed E-state index contributed by atoms with van der Waals surface area (Å²) >= 11 is 0. The Morgan fingerprint density at radius 3 is 2.53 bits per heavy atom. The molecule has 0 aromatic rings. The van der Waals surface area contributed by atoms with Crippen molar-refractivity contribution in [2.75, 3.05) is 20.3 Å². The molecule has 0 amide bonds. The Balaban J connectivity index is 1.21. The lowest BCUT2D eigenvalue weighted by Gasteiger charge is -2.48. The summed E-state index contributed by atoms with van der Waals surface area (Å²) in [4.78, 5) is 14.3. The number of allylic oxidation sites excluding steroid dienone is 2. The van der Waals surface area contributed by atoms with Gasteiger partial charge in [-0.2, -0.15) is 0 Å². The fourth-order valence-corrected chi connectivity index (χ4v) is 10.0. The molecule has 0 saturated carbocycles. The summed E-state index contributed by atoms with van der Waals surface area (Å²) in [7, 11) is 1.70. The number of aliphatic hydroxyl groups excluding tert-OH is 1. The maximum absolute atomic E-state index is 14.3. The first-order valence-electron chi connectivity index (χ1n) is 21.9. The minimum Gasteiger partial charge on any atom is -0.462 e. The Labute approximate surface area is 344 Å². The van der Waals surface area contributed by atoms with Crippen LogP contribution in [-0.2, 0) is 47.4 Å². The van der Waals surface area contributed by atoms with Crippen LogP contribution in [0.15, 0.2) is 59.3 Å². The van der Waals surface area contributed by atoms with Crippen molar-refractivity contribution >= 4 is 5.97 Å². The average Bonchev–Trinajstić information content (AvgIpc) is 3.55. The molecule has 0 aromatic heterocycles. The van der Waals surface area contributed by atoms with Crippen molar-refractivity contribution in [3.63, 3.8) is 0 Å². The predicted octanol–water partition coefficient (Wildman–Crippen LogP) is 6.39. The number of esters is 1. The Morgan fingerprint density at radius 1 is 0.983 bits per heavy atom. The second kappa shape index (κ2) is 18.4. The maximum atomic E-state index is 14.3. The highest BCUT2D eigenvalue weighted by molar-refractivity contribution is 5.78. The van der Waals surface area contributed by atoms with Crippen LogP contribution in [0.25, 0.3) is 0 Å². The summed E-state index contributed by atoms with van der Waals surface area (Å²) in [5.74, 6) is -2.42. The van der Waals surface area contributed by atoms with Gasteiger partial charge in [0.05, 0.1) is 37.1 Å². The van der Waals surface area contributed by atoms with Crippen molar-refractivity contribution in [3.8, 4) is 0 Å². The van der Waals surface area contributed by atoms with E-state index in [0.29, 0.717) is 43.4 Å². The molecule has 0 radical (unpaired) electrons. The molecule has 324 valence electrons. The van der Waals surface area contributed by atoms with Crippen molar-refractivity contribution in [3.05, 3.63) is 59.3 Å². The molecule has 4 saturated heterocycles. The third-order valence-electron chi connectivity index (χ3n) is 13.7. The average molecular weight is 813 g/mol. The van der Waals surface area contributed by atoms with Crippen molar-refractivity contribution in [2.24, 2.45) is 23.7 Å². The Bertz CT molecular complexity index is 1600. The fraction of sp³-hybridized carbons (Fsp3) is 0.761. The first-order valence-corrected chi connectivity index (χ1v) is 21.9. The van der Waals surface area contributed by atoms with E-state index >= 15 is 0 Å². The van der Waals surface area contributed by atoms with Gasteiger partial charge in [-0.05, 0) is 75.2 Å². The zero-order chi connectivity index (χ0) is 41.4. The first-order chi connectivity index (χ1) is 27.7. The van der Waals surface area contributed by atoms with E-state index in [0.717, 1.165) is 31.3 Å². The van der Waals surface area contributed by atoms with Gasteiger partial charge >= 0.3 is 5.97 Å². The fourth-order valence-electron chi connectivity index (χ4n) is 10.0. The lowest BCUT2D eigenvalue weighted by molar-refractivity contribution is -0.300. The van der Waals surface area contributed by atoms with Crippen LogP contribution in [0.1, 0.15) is 99.8 Å². The van der Waals surface area contributed by atoms with Crippen molar-refractivity contribution in [2.45, 2.75) is 179 Å². The van der Waals surface area contributed by atoms with Gasteiger partial charge in [-0.15, -0.1) is 0 Å². The zero-order valence-corrected chi connectivity index (χ0v) is 35.7. The highest BCUT2D eigenvalue weighted by atomic mass is 16.7. The largest absolute Gasteiger partial charge is 0.462 e. The number of methoxy groups -OCH3 is 1. The monoisotopic (exact) mass is 812 g/mol. The second-order valence-electron chi connectivity index (χ2n) is 18.0. The zero-order valence-electron chi connectivity index (χ0n) is 35.7. The Morgan fingerprint density at radius 2 is 1.79 bits per heavy atom. The van der Waals surface area contributed by atoms with E-state index in [-0.39, 0.29) is 61.2 Å². The van der Waals surface area contributed by atoms with E-state index in [1.807, 2.05) is 25.2 Å². The number of fused-ring (bicyclic) bond motifs is 2. The van der Waals surface area contributed by atoms with E-state index in [9.17, 15) is 15.0 Å². The number of hydrogen-bond donors (Lipinski definition) is 2. The molecule has 2 bridgehead atoms. The van der Waals surface area contributed by atoms with E-state index in [2.05, 4.69) is 46.8 Å². The van der Waals surface area contributed by atoms with Gasteiger partial charge in [0.2, 0.25) is 0 Å². The normalized spacial score (nSPS) is 47.8. The van der Waals surface area contributed by atoms with Crippen LogP contribution in [-0.4, -0.2) is 115 Å². The van der Waals surface area contributed by atoms with Crippen LogP contribution in [0.2, 0.25) is 0 Å². The molecule has 2 N–H and O–H groups in total. The summed E-state index contributed by atoms with van der Waals surface area (Å²) in [6.07, 6.45) is 14.1. The first kappa shape index (κ1) is 43.8. The minimum atomic E-state index is -1.81. The van der Waals surface area contributed by atoms with Crippen LogP contribution in [0.3, 0.4) is 0 Å². The molecular weight excluding hydrogens is 744 g/mol. The molecule has 6 heterocycles. The second-order valence-corrected chi connectivity index (χ2v) is 18.0. The quantitative estimate of drug-likeness (QED) is 0.218. The molecule has 12 heteroatoms. The maximum Gasteiger partial charge on any atom is 0.316 e. The van der Waals surface area contributed by atoms with Gasteiger partial charge < -0.3 is 52.8 Å². The Kier molecular flexibility index (Phi) is 13.9. The number of carbonyl (C=O) groups excluding carboxylic acids is 1. The van der Waals surface area contributed by atoms with Crippen molar-refractivity contribution in [1.82, 2.24) is 0 Å². The van der Waals surface area contributed by atoms with E-state index in [4.69, 9.17) is 42.6 Å². The molecule has 7 rings (SSSR count). The third-order valence-corrected chi connectivity index (χ3v) is 13.7. The van der Waals surface area contributed by atoms with Crippen LogP contribution in [0.5, 0.6) is 0 Å². The Hall–Kier alpha value is -2.23. The molecular formula is C46H68O12. The molecule has 1 spiro atoms. The number of hydrogen-bond acceptors (Lipinski definition) is 12. The topological polar surface area (TPSA) is 141 Å². The number of rotatable bonds is 7. The van der Waals surface area contributed by atoms with E-state index in [1.165, 1.54) is 0 Å². The van der Waals surface area contributed by atoms with Crippen LogP contribution in [0, 0.1) is 23.7 Å². The number of carbonyl (C=O) groups is 1. The summed E-state index contributed by atoms with van der Waals surface area (Å²) in [6.45, 7) is 15.2. The van der Waals surface area contributed by atoms with E-state index in [1.54, 1.807) is 26.2 Å².